The van der Waals surface area contributed by atoms with Crippen LogP contribution in [0.1, 0.15) is 24.3 Å². The third kappa shape index (κ3) is 2.68. The average Bonchev–Trinajstić information content (AvgIpc) is 2.80. The number of rotatable bonds is 4. The SMILES string of the molecule is C[C@@H](O)c1c(F)cccc1N(C)Cc1cscn1. The smallest absolute Gasteiger partial charge is 0.131 e. The number of aliphatic hydroxyl groups is 1. The first-order valence-electron chi connectivity index (χ1n) is 5.64. The van der Waals surface area contributed by atoms with Gasteiger partial charge in [-0.2, -0.15) is 0 Å². The maximum atomic E-state index is 13.7. The molecule has 0 saturated heterocycles. The molecule has 0 spiro atoms. The van der Waals surface area contributed by atoms with Crippen LogP contribution < -0.4 is 4.90 Å². The molecule has 0 aliphatic rings. The third-order valence-electron chi connectivity index (χ3n) is 2.74. The first-order chi connectivity index (χ1) is 8.59. The molecule has 0 fully saturated rings. The van der Waals surface area contributed by atoms with Crippen LogP contribution in [0.25, 0.3) is 0 Å². The van der Waals surface area contributed by atoms with E-state index < -0.39 is 6.10 Å². The number of thiazole rings is 1. The van der Waals surface area contributed by atoms with Gasteiger partial charge in [-0.05, 0) is 19.1 Å². The van der Waals surface area contributed by atoms with E-state index in [1.165, 1.54) is 17.4 Å². The van der Waals surface area contributed by atoms with E-state index in [1.807, 2.05) is 17.3 Å². The summed E-state index contributed by atoms with van der Waals surface area (Å²) in [4.78, 5) is 6.09. The van der Waals surface area contributed by atoms with Gasteiger partial charge in [0.05, 0.1) is 23.9 Å². The number of halogens is 1. The molecule has 0 saturated carbocycles. The molecule has 0 amide bonds. The highest BCUT2D eigenvalue weighted by Gasteiger charge is 2.16. The molecular formula is C13H15FN2OS. The van der Waals surface area contributed by atoms with Gasteiger partial charge in [-0.1, -0.05) is 6.07 Å². The van der Waals surface area contributed by atoms with Crippen LogP contribution in [0.3, 0.4) is 0 Å². The lowest BCUT2D eigenvalue weighted by Crippen LogP contribution is -2.19. The van der Waals surface area contributed by atoms with Gasteiger partial charge in [-0.3, -0.25) is 0 Å². The van der Waals surface area contributed by atoms with Crippen LogP contribution in [-0.2, 0) is 6.54 Å². The third-order valence-corrected chi connectivity index (χ3v) is 3.38. The van der Waals surface area contributed by atoms with Gasteiger partial charge in [-0.25, -0.2) is 9.37 Å². The molecule has 2 aromatic rings. The second-order valence-corrected chi connectivity index (χ2v) is 4.90. The summed E-state index contributed by atoms with van der Waals surface area (Å²) < 4.78 is 13.7. The van der Waals surface area contributed by atoms with E-state index in [0.29, 0.717) is 17.8 Å². The predicted octanol–water partition coefficient (Wildman–Crippen LogP) is 2.97. The molecule has 0 unspecified atom stereocenters. The van der Waals surface area contributed by atoms with E-state index in [-0.39, 0.29) is 5.82 Å². The first-order valence-corrected chi connectivity index (χ1v) is 6.58. The maximum absolute atomic E-state index is 13.7. The Morgan fingerprint density at radius 3 is 2.89 bits per heavy atom. The highest BCUT2D eigenvalue weighted by atomic mass is 32.1. The summed E-state index contributed by atoms with van der Waals surface area (Å²) in [7, 11) is 1.86. The van der Waals surface area contributed by atoms with Gasteiger partial charge in [0, 0.05) is 23.7 Å². The number of hydrogen-bond acceptors (Lipinski definition) is 4. The van der Waals surface area contributed by atoms with Crippen molar-refractivity contribution in [2.45, 2.75) is 19.6 Å². The second kappa shape index (κ2) is 5.46. The molecule has 5 heteroatoms. The number of hydrogen-bond donors (Lipinski definition) is 1. The van der Waals surface area contributed by atoms with Crippen LogP contribution in [0, 0.1) is 5.82 Å². The van der Waals surface area contributed by atoms with Crippen LogP contribution in [0.5, 0.6) is 0 Å². The zero-order valence-electron chi connectivity index (χ0n) is 10.3. The molecule has 1 atom stereocenters. The summed E-state index contributed by atoms with van der Waals surface area (Å²) in [5, 5.41) is 11.6. The molecule has 18 heavy (non-hydrogen) atoms. The van der Waals surface area contributed by atoms with E-state index >= 15 is 0 Å². The van der Waals surface area contributed by atoms with Crippen molar-refractivity contribution in [3.05, 3.63) is 46.2 Å². The monoisotopic (exact) mass is 266 g/mol. The van der Waals surface area contributed by atoms with Gasteiger partial charge in [0.1, 0.15) is 5.82 Å². The highest BCUT2D eigenvalue weighted by Crippen LogP contribution is 2.29. The van der Waals surface area contributed by atoms with Crippen molar-refractivity contribution in [2.75, 3.05) is 11.9 Å². The van der Waals surface area contributed by atoms with Crippen molar-refractivity contribution < 1.29 is 9.50 Å². The summed E-state index contributed by atoms with van der Waals surface area (Å²) in [5.41, 5.74) is 3.72. The molecule has 0 aliphatic heterocycles. The molecule has 0 aliphatic carbocycles. The fourth-order valence-corrected chi connectivity index (χ4v) is 2.47. The number of aromatic nitrogens is 1. The minimum atomic E-state index is -0.834. The van der Waals surface area contributed by atoms with Crippen LogP contribution in [0.4, 0.5) is 10.1 Å². The van der Waals surface area contributed by atoms with Crippen LogP contribution >= 0.6 is 11.3 Å². The lowest BCUT2D eigenvalue weighted by Gasteiger charge is -2.23. The topological polar surface area (TPSA) is 36.4 Å². The van der Waals surface area contributed by atoms with Gasteiger partial charge in [0.2, 0.25) is 0 Å². The molecular weight excluding hydrogens is 251 g/mol. The summed E-state index contributed by atoms with van der Waals surface area (Å²) in [6, 6.07) is 4.81. The minimum Gasteiger partial charge on any atom is -0.389 e. The van der Waals surface area contributed by atoms with Gasteiger partial charge in [0.15, 0.2) is 0 Å². The standard InChI is InChI=1S/C13H15FN2OS/c1-9(17)13-11(14)4-3-5-12(13)16(2)6-10-7-18-8-15-10/h3-5,7-9,17H,6H2,1-2H3/t9-/m1/s1. The Kier molecular flexibility index (Phi) is 3.93. The summed E-state index contributed by atoms with van der Waals surface area (Å²) >= 11 is 1.53. The van der Waals surface area contributed by atoms with E-state index in [9.17, 15) is 9.50 Å². The Morgan fingerprint density at radius 1 is 1.50 bits per heavy atom. The zero-order chi connectivity index (χ0) is 13.1. The van der Waals surface area contributed by atoms with Crippen LogP contribution in [0.15, 0.2) is 29.1 Å². The molecule has 2 rings (SSSR count). The molecule has 1 aromatic carbocycles. The van der Waals surface area contributed by atoms with Crippen molar-refractivity contribution in [2.24, 2.45) is 0 Å². The molecule has 0 bridgehead atoms. The Morgan fingerprint density at radius 2 is 2.28 bits per heavy atom. The lowest BCUT2D eigenvalue weighted by atomic mass is 10.1. The second-order valence-electron chi connectivity index (χ2n) is 4.18. The van der Waals surface area contributed by atoms with E-state index in [4.69, 9.17) is 0 Å². The fraction of sp³-hybridized carbons (Fsp3) is 0.308. The Labute approximate surface area is 110 Å². The Hall–Kier alpha value is -1.46. The van der Waals surface area contributed by atoms with Crippen LogP contribution in [0.2, 0.25) is 0 Å². The Balaban J connectivity index is 2.29. The normalized spacial score (nSPS) is 12.4. The molecule has 1 heterocycles. The van der Waals surface area contributed by atoms with Gasteiger partial charge in [-0.15, -0.1) is 11.3 Å². The number of aliphatic hydroxyl groups excluding tert-OH is 1. The summed E-state index contributed by atoms with van der Waals surface area (Å²) in [5.74, 6) is -0.382. The fourth-order valence-electron chi connectivity index (χ4n) is 1.92. The van der Waals surface area contributed by atoms with E-state index in [0.717, 1.165) is 5.69 Å². The van der Waals surface area contributed by atoms with Gasteiger partial charge >= 0.3 is 0 Å². The van der Waals surface area contributed by atoms with Crippen molar-refractivity contribution in [1.82, 2.24) is 4.98 Å². The van der Waals surface area contributed by atoms with E-state index in [1.54, 1.807) is 24.6 Å². The van der Waals surface area contributed by atoms with Crippen molar-refractivity contribution in [3.63, 3.8) is 0 Å². The number of benzene rings is 1. The molecule has 96 valence electrons. The van der Waals surface area contributed by atoms with Crippen molar-refractivity contribution in [3.8, 4) is 0 Å². The molecule has 1 aromatic heterocycles. The molecule has 1 N–H and O–H groups in total. The van der Waals surface area contributed by atoms with Crippen LogP contribution in [-0.4, -0.2) is 17.1 Å². The largest absolute Gasteiger partial charge is 0.389 e. The predicted molar refractivity (Wildman–Crippen MR) is 71.3 cm³/mol. The average molecular weight is 266 g/mol. The van der Waals surface area contributed by atoms with Crippen molar-refractivity contribution in [1.29, 1.82) is 0 Å². The van der Waals surface area contributed by atoms with Gasteiger partial charge in [0.25, 0.3) is 0 Å². The lowest BCUT2D eigenvalue weighted by molar-refractivity contribution is 0.194. The maximum Gasteiger partial charge on any atom is 0.131 e. The minimum absolute atomic E-state index is 0.329. The Bertz CT molecular complexity index is 514. The molecule has 0 radical (unpaired) electrons. The quantitative estimate of drug-likeness (QED) is 0.924. The highest BCUT2D eigenvalue weighted by molar-refractivity contribution is 7.07. The summed E-state index contributed by atoms with van der Waals surface area (Å²) in [6.45, 7) is 2.16. The summed E-state index contributed by atoms with van der Waals surface area (Å²) in [6.07, 6.45) is -0.834. The van der Waals surface area contributed by atoms with E-state index in [2.05, 4.69) is 4.98 Å². The molecule has 3 nitrogen and oxygen atoms in total. The first kappa shape index (κ1) is 13.0. The van der Waals surface area contributed by atoms with Crippen molar-refractivity contribution >= 4 is 17.0 Å². The number of nitrogens with zero attached hydrogens (tertiary/aromatic N) is 2. The van der Waals surface area contributed by atoms with Gasteiger partial charge < -0.3 is 10.0 Å². The number of anilines is 1. The zero-order valence-corrected chi connectivity index (χ0v) is 11.1.